The van der Waals surface area contributed by atoms with E-state index < -0.39 is 18.0 Å². The number of benzene rings is 2. The molecule has 0 radical (unpaired) electrons. The molecule has 4 rings (SSSR count). The Morgan fingerprint density at radius 3 is 2.68 bits per heavy atom. The highest BCUT2D eigenvalue weighted by Gasteiger charge is 2.42. The van der Waals surface area contributed by atoms with Crippen molar-refractivity contribution in [2.45, 2.75) is 50.5 Å². The molecule has 1 saturated carbocycles. The number of nitrogens with zero attached hydrogens (tertiary/aromatic N) is 1. The van der Waals surface area contributed by atoms with Gasteiger partial charge in [0.15, 0.2) is 0 Å². The fourth-order valence-electron chi connectivity index (χ4n) is 4.36. The zero-order valence-corrected chi connectivity index (χ0v) is 18.0. The minimum atomic E-state index is -0.720. The van der Waals surface area contributed by atoms with Gasteiger partial charge < -0.3 is 19.9 Å². The highest BCUT2D eigenvalue weighted by atomic mass is 35.5. The summed E-state index contributed by atoms with van der Waals surface area (Å²) >= 11 is 5.92. The Labute approximate surface area is 185 Å². The maximum atomic E-state index is 13.7. The van der Waals surface area contributed by atoms with Crippen molar-refractivity contribution >= 4 is 23.2 Å². The van der Waals surface area contributed by atoms with E-state index in [4.69, 9.17) is 21.1 Å². The SMILES string of the molecule is CC(=O)Nc1ccc(F)cc1O[C@@H]1CC[C@@H](N2CC[C@H](Oc3ccc(Cl)cc3)C2)[C@H]1O. The van der Waals surface area contributed by atoms with E-state index >= 15 is 0 Å². The normalized spacial score (nSPS) is 26.1. The number of ether oxygens (including phenoxy) is 2. The average molecular weight is 449 g/mol. The van der Waals surface area contributed by atoms with Gasteiger partial charge in [0.1, 0.15) is 35.6 Å². The van der Waals surface area contributed by atoms with Crippen LogP contribution < -0.4 is 14.8 Å². The predicted molar refractivity (Wildman–Crippen MR) is 116 cm³/mol. The minimum absolute atomic E-state index is 0.0444. The van der Waals surface area contributed by atoms with Crippen molar-refractivity contribution < 1.29 is 23.8 Å². The van der Waals surface area contributed by atoms with Gasteiger partial charge in [-0.25, -0.2) is 4.39 Å². The molecule has 2 aromatic carbocycles. The highest BCUT2D eigenvalue weighted by Crippen LogP contribution is 2.34. The zero-order chi connectivity index (χ0) is 22.0. The second kappa shape index (κ2) is 9.42. The van der Waals surface area contributed by atoms with Crippen LogP contribution in [0.5, 0.6) is 11.5 Å². The number of hydrogen-bond donors (Lipinski definition) is 2. The number of carbonyl (C=O) groups is 1. The summed E-state index contributed by atoms with van der Waals surface area (Å²) in [6, 6.07) is 11.2. The van der Waals surface area contributed by atoms with Crippen molar-refractivity contribution in [3.63, 3.8) is 0 Å². The van der Waals surface area contributed by atoms with E-state index in [1.807, 2.05) is 12.1 Å². The number of hydrogen-bond acceptors (Lipinski definition) is 5. The van der Waals surface area contributed by atoms with Gasteiger partial charge in [0.2, 0.25) is 5.91 Å². The number of carbonyl (C=O) groups excluding carboxylic acids is 1. The first kappa shape index (κ1) is 21.9. The molecule has 1 aliphatic heterocycles. The van der Waals surface area contributed by atoms with Crippen LogP contribution in [0.4, 0.5) is 10.1 Å². The van der Waals surface area contributed by atoms with Crippen LogP contribution in [0.15, 0.2) is 42.5 Å². The maximum Gasteiger partial charge on any atom is 0.221 e. The number of aliphatic hydroxyl groups is 1. The van der Waals surface area contributed by atoms with Gasteiger partial charge in [-0.1, -0.05) is 11.6 Å². The van der Waals surface area contributed by atoms with Gasteiger partial charge in [0.05, 0.1) is 5.69 Å². The Hall–Kier alpha value is -2.35. The Kier molecular flexibility index (Phi) is 6.65. The molecule has 4 atom stereocenters. The first-order valence-electron chi connectivity index (χ1n) is 10.5. The molecule has 1 amide bonds. The van der Waals surface area contributed by atoms with Crippen molar-refractivity contribution in [2.24, 2.45) is 0 Å². The summed E-state index contributed by atoms with van der Waals surface area (Å²) in [6.45, 7) is 2.92. The van der Waals surface area contributed by atoms with Crippen LogP contribution in [-0.4, -0.2) is 53.4 Å². The molecule has 2 N–H and O–H groups in total. The van der Waals surface area contributed by atoms with Gasteiger partial charge in [-0.05, 0) is 55.7 Å². The maximum absolute atomic E-state index is 13.7. The van der Waals surface area contributed by atoms with Crippen LogP contribution in [0.1, 0.15) is 26.2 Å². The number of nitrogens with one attached hydrogen (secondary N) is 1. The lowest BCUT2D eigenvalue weighted by atomic mass is 10.1. The Morgan fingerprint density at radius 1 is 1.16 bits per heavy atom. The van der Waals surface area contributed by atoms with Crippen molar-refractivity contribution in [1.29, 1.82) is 0 Å². The van der Waals surface area contributed by atoms with E-state index in [-0.39, 0.29) is 23.8 Å². The van der Waals surface area contributed by atoms with E-state index in [0.717, 1.165) is 25.1 Å². The molecule has 2 fully saturated rings. The van der Waals surface area contributed by atoms with Crippen molar-refractivity contribution in [3.8, 4) is 11.5 Å². The molecule has 31 heavy (non-hydrogen) atoms. The lowest BCUT2D eigenvalue weighted by molar-refractivity contribution is -0.114. The van der Waals surface area contributed by atoms with Crippen LogP contribution in [-0.2, 0) is 4.79 Å². The first-order chi connectivity index (χ1) is 14.9. The number of rotatable bonds is 6. The molecular weight excluding hydrogens is 423 g/mol. The van der Waals surface area contributed by atoms with E-state index in [2.05, 4.69) is 10.2 Å². The molecule has 2 aromatic rings. The highest BCUT2D eigenvalue weighted by molar-refractivity contribution is 6.30. The number of halogens is 2. The van der Waals surface area contributed by atoms with Crippen LogP contribution in [0, 0.1) is 5.82 Å². The third-order valence-electron chi connectivity index (χ3n) is 5.82. The molecule has 0 unspecified atom stereocenters. The molecule has 0 aromatic heterocycles. The Morgan fingerprint density at radius 2 is 1.94 bits per heavy atom. The predicted octanol–water partition coefficient (Wildman–Crippen LogP) is 3.86. The molecule has 1 saturated heterocycles. The number of aliphatic hydroxyl groups excluding tert-OH is 1. The molecule has 0 spiro atoms. The average Bonchev–Trinajstić information content (AvgIpc) is 3.32. The van der Waals surface area contributed by atoms with Crippen molar-refractivity contribution in [2.75, 3.05) is 18.4 Å². The monoisotopic (exact) mass is 448 g/mol. The van der Waals surface area contributed by atoms with E-state index in [0.29, 0.717) is 23.7 Å². The molecule has 166 valence electrons. The molecule has 6 nitrogen and oxygen atoms in total. The molecular formula is C23H26ClFN2O4. The van der Waals surface area contributed by atoms with Crippen molar-refractivity contribution in [1.82, 2.24) is 4.90 Å². The summed E-state index contributed by atoms with van der Waals surface area (Å²) in [5, 5.41) is 14.2. The first-order valence-corrected chi connectivity index (χ1v) is 10.8. The quantitative estimate of drug-likeness (QED) is 0.702. The topological polar surface area (TPSA) is 71.0 Å². The summed E-state index contributed by atoms with van der Waals surface area (Å²) < 4.78 is 25.7. The smallest absolute Gasteiger partial charge is 0.221 e. The van der Waals surface area contributed by atoms with Gasteiger partial charge in [-0.15, -0.1) is 0 Å². The molecule has 1 heterocycles. The van der Waals surface area contributed by atoms with Crippen LogP contribution in [0.2, 0.25) is 5.02 Å². The standard InChI is InChI=1S/C23H26ClFN2O4/c1-14(28)26-19-7-4-16(25)12-22(19)31-21-9-8-20(23(21)29)27-11-10-18(13-27)30-17-5-2-15(24)3-6-17/h2-7,12,18,20-21,23,29H,8-11,13H2,1H3,(H,26,28)/t18-,20+,21+,23+/m0/s1. The van der Waals surface area contributed by atoms with Crippen LogP contribution >= 0.6 is 11.6 Å². The van der Waals surface area contributed by atoms with Gasteiger partial charge in [0, 0.05) is 37.1 Å². The largest absolute Gasteiger partial charge is 0.489 e. The summed E-state index contributed by atoms with van der Waals surface area (Å²) in [5.74, 6) is 0.270. The fourth-order valence-corrected chi connectivity index (χ4v) is 4.48. The second-order valence-electron chi connectivity index (χ2n) is 8.09. The zero-order valence-electron chi connectivity index (χ0n) is 17.3. The number of likely N-dealkylation sites (tertiary alicyclic amines) is 1. The summed E-state index contributed by atoms with van der Waals surface area (Å²) in [7, 11) is 0. The van der Waals surface area contributed by atoms with E-state index in [9.17, 15) is 14.3 Å². The van der Waals surface area contributed by atoms with Gasteiger partial charge >= 0.3 is 0 Å². The lowest BCUT2D eigenvalue weighted by Gasteiger charge is -2.28. The van der Waals surface area contributed by atoms with Crippen LogP contribution in [0.25, 0.3) is 0 Å². The Balaban J connectivity index is 1.36. The lowest BCUT2D eigenvalue weighted by Crippen LogP contribution is -2.44. The number of amides is 1. The Bertz CT molecular complexity index is 926. The summed E-state index contributed by atoms with van der Waals surface area (Å²) in [4.78, 5) is 13.7. The van der Waals surface area contributed by atoms with E-state index in [1.165, 1.54) is 25.1 Å². The molecule has 0 bridgehead atoms. The summed E-state index contributed by atoms with van der Waals surface area (Å²) in [6.07, 6.45) is 1.13. The fraction of sp³-hybridized carbons (Fsp3) is 0.435. The molecule has 2 aliphatic rings. The van der Waals surface area contributed by atoms with Crippen LogP contribution in [0.3, 0.4) is 0 Å². The minimum Gasteiger partial charge on any atom is -0.489 e. The number of anilines is 1. The molecule has 8 heteroatoms. The molecule has 1 aliphatic carbocycles. The van der Waals surface area contributed by atoms with Gasteiger partial charge in [-0.3, -0.25) is 9.69 Å². The van der Waals surface area contributed by atoms with Gasteiger partial charge in [0.25, 0.3) is 0 Å². The third-order valence-corrected chi connectivity index (χ3v) is 6.07. The summed E-state index contributed by atoms with van der Waals surface area (Å²) in [5.41, 5.74) is 0.391. The van der Waals surface area contributed by atoms with Crippen molar-refractivity contribution in [3.05, 3.63) is 53.3 Å². The third kappa shape index (κ3) is 5.29. The van der Waals surface area contributed by atoms with E-state index in [1.54, 1.807) is 12.1 Å². The second-order valence-corrected chi connectivity index (χ2v) is 8.53. The van der Waals surface area contributed by atoms with Gasteiger partial charge in [-0.2, -0.15) is 0 Å².